The summed E-state index contributed by atoms with van der Waals surface area (Å²) in [4.78, 5) is 13.6. The van der Waals surface area contributed by atoms with Crippen molar-refractivity contribution in [3.8, 4) is 11.1 Å². The molecular formula is C18H20N2O2. The van der Waals surface area contributed by atoms with Crippen LogP contribution in [0.5, 0.6) is 0 Å². The largest absolute Gasteiger partial charge is 0.316 e. The lowest BCUT2D eigenvalue weighted by Crippen LogP contribution is -2.33. The van der Waals surface area contributed by atoms with E-state index in [-0.39, 0.29) is 5.91 Å². The number of nitrogens with zero attached hydrogens (tertiary/aromatic N) is 1. The summed E-state index contributed by atoms with van der Waals surface area (Å²) in [7, 11) is 0. The van der Waals surface area contributed by atoms with Gasteiger partial charge in [-0.2, -0.15) is 0 Å². The van der Waals surface area contributed by atoms with E-state index in [2.05, 4.69) is 35.8 Å². The smallest absolute Gasteiger partial charge is 0.223 e. The monoisotopic (exact) mass is 296 g/mol. The minimum atomic E-state index is 0.106. The van der Waals surface area contributed by atoms with Crippen LogP contribution in [0.15, 0.2) is 42.5 Å². The Labute approximate surface area is 130 Å². The first-order valence-corrected chi connectivity index (χ1v) is 7.56. The number of hydrogen-bond donors (Lipinski definition) is 2. The molecule has 1 aliphatic heterocycles. The number of anilines is 1. The van der Waals surface area contributed by atoms with Gasteiger partial charge in [0, 0.05) is 25.7 Å². The SMILES string of the molecule is CC(=O)N1CCCc2cc(-c3ccc(CNO)cc3)ccc21. The van der Waals surface area contributed by atoms with E-state index in [4.69, 9.17) is 5.21 Å². The minimum absolute atomic E-state index is 0.106. The maximum Gasteiger partial charge on any atom is 0.223 e. The van der Waals surface area contributed by atoms with E-state index in [1.165, 1.54) is 5.56 Å². The summed E-state index contributed by atoms with van der Waals surface area (Å²) in [6.07, 6.45) is 2.02. The maximum atomic E-state index is 11.7. The number of rotatable bonds is 3. The molecule has 0 aromatic heterocycles. The molecule has 22 heavy (non-hydrogen) atoms. The lowest BCUT2D eigenvalue weighted by molar-refractivity contribution is -0.116. The fourth-order valence-electron chi connectivity index (χ4n) is 3.01. The number of hydrogen-bond acceptors (Lipinski definition) is 3. The molecule has 1 aliphatic rings. The molecule has 0 saturated carbocycles. The van der Waals surface area contributed by atoms with Crippen molar-refractivity contribution in [3.05, 3.63) is 53.6 Å². The van der Waals surface area contributed by atoms with Crippen LogP contribution >= 0.6 is 0 Å². The maximum absolute atomic E-state index is 11.7. The highest BCUT2D eigenvalue weighted by Gasteiger charge is 2.20. The van der Waals surface area contributed by atoms with E-state index in [9.17, 15) is 4.79 Å². The molecule has 1 amide bonds. The summed E-state index contributed by atoms with van der Waals surface area (Å²) < 4.78 is 0. The van der Waals surface area contributed by atoms with Crippen LogP contribution in [0.3, 0.4) is 0 Å². The van der Waals surface area contributed by atoms with Gasteiger partial charge < -0.3 is 10.1 Å². The molecule has 0 spiro atoms. The van der Waals surface area contributed by atoms with Crippen molar-refractivity contribution in [3.63, 3.8) is 0 Å². The van der Waals surface area contributed by atoms with Crippen molar-refractivity contribution < 1.29 is 10.0 Å². The highest BCUT2D eigenvalue weighted by molar-refractivity contribution is 5.93. The molecule has 2 aromatic carbocycles. The summed E-state index contributed by atoms with van der Waals surface area (Å²) in [5.74, 6) is 0.106. The van der Waals surface area contributed by atoms with Gasteiger partial charge in [0.15, 0.2) is 0 Å². The van der Waals surface area contributed by atoms with E-state index in [1.807, 2.05) is 17.0 Å². The second kappa shape index (κ2) is 6.30. The third kappa shape index (κ3) is 2.89. The van der Waals surface area contributed by atoms with Crippen LogP contribution in [0.25, 0.3) is 11.1 Å². The summed E-state index contributed by atoms with van der Waals surface area (Å²) >= 11 is 0. The number of aryl methyl sites for hydroxylation is 1. The molecular weight excluding hydrogens is 276 g/mol. The molecule has 114 valence electrons. The highest BCUT2D eigenvalue weighted by atomic mass is 16.5. The zero-order valence-electron chi connectivity index (χ0n) is 12.7. The van der Waals surface area contributed by atoms with Crippen molar-refractivity contribution in [2.24, 2.45) is 0 Å². The summed E-state index contributed by atoms with van der Waals surface area (Å²) in [6, 6.07) is 14.4. The molecule has 2 N–H and O–H groups in total. The second-order valence-corrected chi connectivity index (χ2v) is 5.65. The first-order chi connectivity index (χ1) is 10.7. The fourth-order valence-corrected chi connectivity index (χ4v) is 3.01. The predicted molar refractivity (Wildman–Crippen MR) is 86.9 cm³/mol. The number of fused-ring (bicyclic) bond motifs is 1. The van der Waals surface area contributed by atoms with Crippen LogP contribution in [0.2, 0.25) is 0 Å². The molecule has 0 unspecified atom stereocenters. The molecule has 1 heterocycles. The van der Waals surface area contributed by atoms with Gasteiger partial charge in [0.25, 0.3) is 0 Å². The lowest BCUT2D eigenvalue weighted by Gasteiger charge is -2.29. The first-order valence-electron chi connectivity index (χ1n) is 7.56. The molecule has 2 aromatic rings. The van der Waals surface area contributed by atoms with Gasteiger partial charge in [-0.3, -0.25) is 4.79 Å². The number of amides is 1. The molecule has 3 rings (SSSR count). The van der Waals surface area contributed by atoms with Crippen molar-refractivity contribution in [1.29, 1.82) is 0 Å². The summed E-state index contributed by atoms with van der Waals surface area (Å²) in [5.41, 5.74) is 7.78. The zero-order valence-corrected chi connectivity index (χ0v) is 12.7. The van der Waals surface area contributed by atoms with E-state index in [1.54, 1.807) is 6.92 Å². The molecule has 0 saturated heterocycles. The van der Waals surface area contributed by atoms with Gasteiger partial charge in [0.05, 0.1) is 0 Å². The molecule has 0 radical (unpaired) electrons. The third-order valence-corrected chi connectivity index (χ3v) is 4.15. The fraction of sp³-hybridized carbons (Fsp3) is 0.278. The van der Waals surface area contributed by atoms with Crippen LogP contribution in [0.1, 0.15) is 24.5 Å². The Balaban J connectivity index is 1.91. The van der Waals surface area contributed by atoms with Crippen LogP contribution in [-0.4, -0.2) is 17.7 Å². The van der Waals surface area contributed by atoms with Crippen LogP contribution in [0.4, 0.5) is 5.69 Å². The number of nitrogens with one attached hydrogen (secondary N) is 1. The van der Waals surface area contributed by atoms with Crippen molar-refractivity contribution >= 4 is 11.6 Å². The molecule has 0 aliphatic carbocycles. The first kappa shape index (κ1) is 14.8. The van der Waals surface area contributed by atoms with E-state index in [0.29, 0.717) is 6.54 Å². The highest BCUT2D eigenvalue weighted by Crippen LogP contribution is 2.31. The Morgan fingerprint density at radius 3 is 2.59 bits per heavy atom. The zero-order chi connectivity index (χ0) is 15.5. The van der Waals surface area contributed by atoms with Gasteiger partial charge in [0.2, 0.25) is 5.91 Å². The topological polar surface area (TPSA) is 52.6 Å². The Kier molecular flexibility index (Phi) is 4.22. The van der Waals surface area contributed by atoms with Gasteiger partial charge in [0.1, 0.15) is 0 Å². The standard InChI is InChI=1S/C18H20N2O2/c1-13(21)20-10-2-3-17-11-16(8-9-18(17)20)15-6-4-14(5-7-15)12-19-22/h4-9,11,19,22H,2-3,10,12H2,1H3. The quantitative estimate of drug-likeness (QED) is 0.856. The van der Waals surface area contributed by atoms with E-state index < -0.39 is 0 Å². The third-order valence-electron chi connectivity index (χ3n) is 4.15. The van der Waals surface area contributed by atoms with E-state index in [0.717, 1.165) is 41.8 Å². The van der Waals surface area contributed by atoms with Gasteiger partial charge in [-0.25, -0.2) is 5.48 Å². The average molecular weight is 296 g/mol. The average Bonchev–Trinajstić information content (AvgIpc) is 2.54. The van der Waals surface area contributed by atoms with Crippen molar-refractivity contribution in [1.82, 2.24) is 5.48 Å². The van der Waals surface area contributed by atoms with Crippen LogP contribution in [0, 0.1) is 0 Å². The predicted octanol–water partition coefficient (Wildman–Crippen LogP) is 3.13. The number of hydroxylamine groups is 1. The Morgan fingerprint density at radius 2 is 1.91 bits per heavy atom. The van der Waals surface area contributed by atoms with Crippen molar-refractivity contribution in [2.45, 2.75) is 26.3 Å². The van der Waals surface area contributed by atoms with Gasteiger partial charge in [-0.15, -0.1) is 0 Å². The van der Waals surface area contributed by atoms with Crippen LogP contribution in [-0.2, 0) is 17.8 Å². The van der Waals surface area contributed by atoms with Gasteiger partial charge >= 0.3 is 0 Å². The lowest BCUT2D eigenvalue weighted by atomic mass is 9.95. The Hall–Kier alpha value is -2.17. The van der Waals surface area contributed by atoms with Crippen LogP contribution < -0.4 is 10.4 Å². The molecule has 0 atom stereocenters. The number of carbonyl (C=O) groups is 1. The van der Waals surface area contributed by atoms with Gasteiger partial charge in [-0.1, -0.05) is 30.3 Å². The molecule has 4 nitrogen and oxygen atoms in total. The number of carbonyl (C=O) groups excluding carboxylic acids is 1. The second-order valence-electron chi connectivity index (χ2n) is 5.65. The normalized spacial score (nSPS) is 13.8. The number of benzene rings is 2. The summed E-state index contributed by atoms with van der Waals surface area (Å²) in [5, 5.41) is 8.73. The van der Waals surface area contributed by atoms with Gasteiger partial charge in [-0.05, 0) is 47.2 Å². The Morgan fingerprint density at radius 1 is 1.18 bits per heavy atom. The molecule has 0 bridgehead atoms. The molecule has 4 heteroatoms. The van der Waals surface area contributed by atoms with Crippen molar-refractivity contribution in [2.75, 3.05) is 11.4 Å². The minimum Gasteiger partial charge on any atom is -0.316 e. The summed E-state index contributed by atoms with van der Waals surface area (Å²) in [6.45, 7) is 2.87. The van der Waals surface area contributed by atoms with E-state index >= 15 is 0 Å². The Bertz CT molecular complexity index is 680. The molecule has 0 fully saturated rings.